The molecule has 0 aliphatic heterocycles. The van der Waals surface area contributed by atoms with Gasteiger partial charge >= 0.3 is 11.9 Å². The van der Waals surface area contributed by atoms with E-state index in [-0.39, 0.29) is 25.2 Å². The number of rotatable bonds is 46. The standard InChI is InChI=1S/C55H96O5/c1-4-7-10-13-16-19-22-25-27-29-32-35-38-41-44-47-50-58-51-53(60-55(57)49-46-43-40-37-34-30-24-21-18-15-12-9-6-3)52-59-54(56)48-45-42-39-36-33-31-28-26-23-20-17-14-11-8-5-2/h9,12,17-18,20-21,26,28,30,34,40,43,53H,4-8,10-11,13-16,19,22-25,27,29,31-33,35-39,41-42,44-52H2,1-3H3/b12-9-,20-17-,21-18-,28-26-,34-30-,43-40-. The molecule has 0 N–H and O–H groups in total. The van der Waals surface area contributed by atoms with E-state index in [0.717, 1.165) is 70.6 Å². The summed E-state index contributed by atoms with van der Waals surface area (Å²) in [6.45, 7) is 7.61. The molecule has 0 aliphatic carbocycles. The Kier molecular flexibility index (Phi) is 48.4. The maximum Gasteiger partial charge on any atom is 0.306 e. The molecule has 0 bridgehead atoms. The second-order valence-electron chi connectivity index (χ2n) is 16.7. The quantitative estimate of drug-likeness (QED) is 0.0347. The first kappa shape index (κ1) is 57.3. The molecule has 0 aromatic carbocycles. The molecule has 346 valence electrons. The largest absolute Gasteiger partial charge is 0.462 e. The van der Waals surface area contributed by atoms with Crippen LogP contribution in [0, 0.1) is 0 Å². The van der Waals surface area contributed by atoms with Gasteiger partial charge in [-0.1, -0.05) is 222 Å². The van der Waals surface area contributed by atoms with Gasteiger partial charge in [0.1, 0.15) is 6.61 Å². The number of carbonyl (C=O) groups is 2. The summed E-state index contributed by atoms with van der Waals surface area (Å²) in [5, 5.41) is 0. The number of unbranched alkanes of at least 4 members (excludes halogenated alkanes) is 23. The Labute approximate surface area is 372 Å². The number of hydrogen-bond acceptors (Lipinski definition) is 5. The van der Waals surface area contributed by atoms with Crippen LogP contribution in [0.25, 0.3) is 0 Å². The summed E-state index contributed by atoms with van der Waals surface area (Å²) in [5.74, 6) is -0.502. The van der Waals surface area contributed by atoms with Crippen molar-refractivity contribution in [1.29, 1.82) is 0 Å². The van der Waals surface area contributed by atoms with E-state index in [1.54, 1.807) is 0 Å². The summed E-state index contributed by atoms with van der Waals surface area (Å²) < 4.78 is 17.3. The lowest BCUT2D eigenvalue weighted by Gasteiger charge is -2.18. The number of hydrogen-bond donors (Lipinski definition) is 0. The number of carbonyl (C=O) groups excluding carboxylic acids is 2. The molecule has 0 aromatic heterocycles. The Morgan fingerprint density at radius 1 is 0.383 bits per heavy atom. The van der Waals surface area contributed by atoms with Crippen LogP contribution in [0.2, 0.25) is 0 Å². The van der Waals surface area contributed by atoms with Crippen molar-refractivity contribution in [3.8, 4) is 0 Å². The van der Waals surface area contributed by atoms with Crippen molar-refractivity contribution in [1.82, 2.24) is 0 Å². The van der Waals surface area contributed by atoms with Crippen LogP contribution in [0.3, 0.4) is 0 Å². The summed E-state index contributed by atoms with van der Waals surface area (Å²) in [7, 11) is 0. The van der Waals surface area contributed by atoms with E-state index in [1.807, 2.05) is 6.08 Å². The molecule has 5 heteroatoms. The highest BCUT2D eigenvalue weighted by molar-refractivity contribution is 5.70. The van der Waals surface area contributed by atoms with Crippen molar-refractivity contribution in [3.63, 3.8) is 0 Å². The van der Waals surface area contributed by atoms with Crippen LogP contribution in [0.15, 0.2) is 72.9 Å². The maximum absolute atomic E-state index is 12.7. The van der Waals surface area contributed by atoms with Crippen LogP contribution in [0.4, 0.5) is 0 Å². The van der Waals surface area contributed by atoms with Crippen LogP contribution in [-0.2, 0) is 23.8 Å². The fraction of sp³-hybridized carbons (Fsp3) is 0.745. The molecular weight excluding hydrogens is 741 g/mol. The second-order valence-corrected chi connectivity index (χ2v) is 16.7. The van der Waals surface area contributed by atoms with E-state index in [9.17, 15) is 9.59 Å². The van der Waals surface area contributed by atoms with Gasteiger partial charge in [0, 0.05) is 19.4 Å². The fourth-order valence-corrected chi connectivity index (χ4v) is 6.97. The molecule has 0 spiro atoms. The molecule has 0 radical (unpaired) electrons. The maximum atomic E-state index is 12.7. The third-order valence-electron chi connectivity index (χ3n) is 10.7. The van der Waals surface area contributed by atoms with E-state index in [4.69, 9.17) is 14.2 Å². The Hall–Kier alpha value is -2.66. The lowest BCUT2D eigenvalue weighted by atomic mass is 10.0. The summed E-state index contributed by atoms with van der Waals surface area (Å²) in [6.07, 6.45) is 64.9. The average Bonchev–Trinajstić information content (AvgIpc) is 3.25. The Morgan fingerprint density at radius 2 is 0.783 bits per heavy atom. The van der Waals surface area contributed by atoms with Crippen molar-refractivity contribution in [2.24, 2.45) is 0 Å². The van der Waals surface area contributed by atoms with Crippen molar-refractivity contribution < 1.29 is 23.8 Å². The third kappa shape index (κ3) is 48.0. The molecule has 0 saturated heterocycles. The van der Waals surface area contributed by atoms with Gasteiger partial charge in [0.05, 0.1) is 6.61 Å². The van der Waals surface area contributed by atoms with E-state index in [2.05, 4.69) is 87.6 Å². The topological polar surface area (TPSA) is 61.8 Å². The fourth-order valence-electron chi connectivity index (χ4n) is 6.97. The Morgan fingerprint density at radius 3 is 1.30 bits per heavy atom. The van der Waals surface area contributed by atoms with Crippen LogP contribution in [-0.4, -0.2) is 37.9 Å². The van der Waals surface area contributed by atoms with Gasteiger partial charge in [0.2, 0.25) is 0 Å². The Bertz CT molecular complexity index is 1080. The zero-order valence-corrected chi connectivity index (χ0v) is 39.7. The smallest absolute Gasteiger partial charge is 0.306 e. The number of esters is 2. The Balaban J connectivity index is 4.35. The predicted molar refractivity (Wildman–Crippen MR) is 260 cm³/mol. The highest BCUT2D eigenvalue weighted by Crippen LogP contribution is 2.14. The molecule has 60 heavy (non-hydrogen) atoms. The summed E-state index contributed by atoms with van der Waals surface area (Å²) >= 11 is 0. The van der Waals surface area contributed by atoms with E-state index in [1.165, 1.54) is 128 Å². The van der Waals surface area contributed by atoms with Gasteiger partial charge in [0.15, 0.2) is 6.10 Å². The lowest BCUT2D eigenvalue weighted by Crippen LogP contribution is -2.30. The molecule has 0 rings (SSSR count). The number of allylic oxidation sites excluding steroid dienone is 12. The van der Waals surface area contributed by atoms with Gasteiger partial charge in [-0.2, -0.15) is 0 Å². The summed E-state index contributed by atoms with van der Waals surface area (Å²) in [5.41, 5.74) is 0. The normalized spacial score (nSPS) is 12.8. The highest BCUT2D eigenvalue weighted by Gasteiger charge is 2.17. The van der Waals surface area contributed by atoms with Gasteiger partial charge in [-0.15, -0.1) is 0 Å². The summed E-state index contributed by atoms with van der Waals surface area (Å²) in [4.78, 5) is 25.3. The van der Waals surface area contributed by atoms with E-state index >= 15 is 0 Å². The van der Waals surface area contributed by atoms with Gasteiger partial charge in [-0.3, -0.25) is 9.59 Å². The molecule has 1 atom stereocenters. The van der Waals surface area contributed by atoms with Gasteiger partial charge in [0.25, 0.3) is 0 Å². The highest BCUT2D eigenvalue weighted by atomic mass is 16.6. The molecule has 0 aliphatic rings. The first-order valence-corrected chi connectivity index (χ1v) is 25.5. The minimum atomic E-state index is -0.579. The first-order valence-electron chi connectivity index (χ1n) is 25.5. The SMILES string of the molecule is CC/C=C\C/C=C\C/C=C\C/C=C\CCC(=O)OC(COCCCCCCCCCCCCCCCCCC)COC(=O)CCCCCCC/C=C\C/C=C\CCCCC. The molecule has 0 saturated carbocycles. The molecule has 0 fully saturated rings. The zero-order chi connectivity index (χ0) is 43.5. The molecular formula is C55H96O5. The van der Waals surface area contributed by atoms with Gasteiger partial charge in [-0.05, 0) is 77.0 Å². The predicted octanol–water partition coefficient (Wildman–Crippen LogP) is 17.1. The minimum absolute atomic E-state index is 0.0494. The van der Waals surface area contributed by atoms with Crippen molar-refractivity contribution >= 4 is 11.9 Å². The van der Waals surface area contributed by atoms with Crippen molar-refractivity contribution in [2.45, 2.75) is 245 Å². The second kappa shape index (κ2) is 50.7. The molecule has 0 heterocycles. The number of ether oxygens (including phenoxy) is 3. The minimum Gasteiger partial charge on any atom is -0.462 e. The van der Waals surface area contributed by atoms with Crippen LogP contribution >= 0.6 is 0 Å². The monoisotopic (exact) mass is 837 g/mol. The molecule has 0 amide bonds. The molecule has 1 unspecified atom stereocenters. The lowest BCUT2D eigenvalue weighted by molar-refractivity contribution is -0.162. The van der Waals surface area contributed by atoms with Crippen molar-refractivity contribution in [3.05, 3.63) is 72.9 Å². The third-order valence-corrected chi connectivity index (χ3v) is 10.7. The average molecular weight is 837 g/mol. The van der Waals surface area contributed by atoms with E-state index in [0.29, 0.717) is 25.9 Å². The van der Waals surface area contributed by atoms with E-state index < -0.39 is 6.10 Å². The van der Waals surface area contributed by atoms with Gasteiger partial charge < -0.3 is 14.2 Å². The van der Waals surface area contributed by atoms with Crippen molar-refractivity contribution in [2.75, 3.05) is 19.8 Å². The molecule has 0 aromatic rings. The first-order chi connectivity index (χ1) is 29.6. The zero-order valence-electron chi connectivity index (χ0n) is 39.7. The molecule has 5 nitrogen and oxygen atoms in total. The van der Waals surface area contributed by atoms with Crippen LogP contribution in [0.1, 0.15) is 239 Å². The summed E-state index contributed by atoms with van der Waals surface area (Å²) in [6, 6.07) is 0. The van der Waals surface area contributed by atoms with Crippen LogP contribution < -0.4 is 0 Å². The van der Waals surface area contributed by atoms with Gasteiger partial charge in [-0.25, -0.2) is 0 Å². The van der Waals surface area contributed by atoms with Crippen LogP contribution in [0.5, 0.6) is 0 Å².